The number of carbonyl (C=O) groups excluding carboxylic acids is 1. The number of fused-ring (bicyclic) bond motifs is 1. The molecule has 0 unspecified atom stereocenters. The highest BCUT2D eigenvalue weighted by molar-refractivity contribution is 7.92. The Morgan fingerprint density at radius 2 is 1.74 bits per heavy atom. The van der Waals surface area contributed by atoms with E-state index in [9.17, 15) is 26.4 Å². The Morgan fingerprint density at radius 3 is 2.39 bits per heavy atom. The van der Waals surface area contributed by atoms with Gasteiger partial charge in [-0.3, -0.25) is 9.10 Å². The third kappa shape index (κ3) is 5.20. The lowest BCUT2D eigenvalue weighted by Gasteiger charge is -2.29. The molecule has 2 aromatic rings. The fourth-order valence-electron chi connectivity index (χ4n) is 3.91. The van der Waals surface area contributed by atoms with Crippen molar-refractivity contribution in [3.8, 4) is 0 Å². The average Bonchev–Trinajstić information content (AvgIpc) is 3.14. The van der Waals surface area contributed by atoms with Gasteiger partial charge in [-0.05, 0) is 68.0 Å². The Bertz CT molecular complexity index is 1080. The van der Waals surface area contributed by atoms with Crippen molar-refractivity contribution in [2.75, 3.05) is 10.6 Å². The number of nitrogens with one attached hydrogen (secondary N) is 1. The molecule has 5 nitrogen and oxygen atoms in total. The molecule has 2 aromatic carbocycles. The van der Waals surface area contributed by atoms with Gasteiger partial charge in [0.05, 0.1) is 23.5 Å². The summed E-state index contributed by atoms with van der Waals surface area (Å²) in [5, 5.41) is 2.79. The maximum absolute atomic E-state index is 13.1. The Balaban J connectivity index is 1.83. The number of benzene rings is 2. The van der Waals surface area contributed by atoms with Crippen LogP contribution in [0.1, 0.15) is 48.6 Å². The number of nitrogens with zero attached hydrogens (tertiary/aromatic N) is 1. The number of aryl methyl sites for hydroxylation is 2. The number of halogens is 3. The molecule has 9 heteroatoms. The summed E-state index contributed by atoms with van der Waals surface area (Å²) in [5.74, 6) is -0.601. The summed E-state index contributed by atoms with van der Waals surface area (Å²) in [6.45, 7) is 3.14. The van der Waals surface area contributed by atoms with Gasteiger partial charge < -0.3 is 5.32 Å². The molecule has 0 aromatic heterocycles. The molecule has 31 heavy (non-hydrogen) atoms. The molecule has 0 radical (unpaired) electrons. The normalized spacial score (nSPS) is 15.8. The van der Waals surface area contributed by atoms with Gasteiger partial charge in [-0.15, -0.1) is 0 Å². The summed E-state index contributed by atoms with van der Waals surface area (Å²) >= 11 is 0. The largest absolute Gasteiger partial charge is 0.416 e. The summed E-state index contributed by atoms with van der Waals surface area (Å²) in [6, 6.07) is 8.33. The van der Waals surface area contributed by atoms with Crippen LogP contribution in [-0.2, 0) is 33.8 Å². The molecule has 0 aliphatic heterocycles. The summed E-state index contributed by atoms with van der Waals surface area (Å²) in [5.41, 5.74) is 2.23. The van der Waals surface area contributed by atoms with Crippen LogP contribution >= 0.6 is 0 Å². The molecule has 1 aliphatic carbocycles. The molecule has 0 bridgehead atoms. The van der Waals surface area contributed by atoms with Crippen LogP contribution in [0, 0.1) is 0 Å². The van der Waals surface area contributed by atoms with Gasteiger partial charge in [0, 0.05) is 0 Å². The number of alkyl halides is 3. The number of rotatable bonds is 6. The number of sulfonamides is 1. The Labute approximate surface area is 180 Å². The number of amides is 1. The van der Waals surface area contributed by atoms with Crippen molar-refractivity contribution in [3.63, 3.8) is 0 Å². The van der Waals surface area contributed by atoms with Gasteiger partial charge >= 0.3 is 6.18 Å². The van der Waals surface area contributed by atoms with Crippen molar-refractivity contribution >= 4 is 21.6 Å². The lowest BCUT2D eigenvalue weighted by Crippen LogP contribution is -2.48. The van der Waals surface area contributed by atoms with Gasteiger partial charge in [-0.25, -0.2) is 8.42 Å². The van der Waals surface area contributed by atoms with Crippen molar-refractivity contribution in [3.05, 3.63) is 64.7 Å². The second kappa shape index (κ2) is 8.53. The van der Waals surface area contributed by atoms with Crippen molar-refractivity contribution < 1.29 is 26.4 Å². The van der Waals surface area contributed by atoms with E-state index in [1.165, 1.54) is 24.1 Å². The molecule has 1 aliphatic rings. The average molecular weight is 455 g/mol. The minimum Gasteiger partial charge on any atom is -0.348 e. The van der Waals surface area contributed by atoms with Gasteiger partial charge in [-0.1, -0.05) is 24.3 Å². The quantitative estimate of drug-likeness (QED) is 0.711. The first-order chi connectivity index (χ1) is 14.4. The van der Waals surface area contributed by atoms with E-state index >= 15 is 0 Å². The maximum Gasteiger partial charge on any atom is 0.416 e. The van der Waals surface area contributed by atoms with Crippen LogP contribution < -0.4 is 9.62 Å². The summed E-state index contributed by atoms with van der Waals surface area (Å²) in [6.07, 6.45) is -0.657. The van der Waals surface area contributed by atoms with E-state index in [1.807, 2.05) is 18.2 Å². The highest BCUT2D eigenvalue weighted by atomic mass is 32.2. The SMILES string of the molecule is C[C@H](NC(=O)[C@H](C)N(c1cccc(C(F)(F)F)c1)S(C)(=O)=O)c1ccc2c(c1)CCC2. The van der Waals surface area contributed by atoms with Crippen LogP contribution in [0.25, 0.3) is 0 Å². The van der Waals surface area contributed by atoms with Crippen LogP contribution in [0.2, 0.25) is 0 Å². The van der Waals surface area contributed by atoms with Crippen LogP contribution in [-0.4, -0.2) is 26.6 Å². The number of carbonyl (C=O) groups is 1. The fourth-order valence-corrected chi connectivity index (χ4v) is 5.07. The second-order valence-corrected chi connectivity index (χ2v) is 9.75. The number of hydrogen-bond donors (Lipinski definition) is 1. The van der Waals surface area contributed by atoms with E-state index in [2.05, 4.69) is 5.32 Å². The monoisotopic (exact) mass is 454 g/mol. The van der Waals surface area contributed by atoms with E-state index < -0.39 is 33.7 Å². The highest BCUT2D eigenvalue weighted by Gasteiger charge is 2.34. The molecule has 0 heterocycles. The van der Waals surface area contributed by atoms with Crippen molar-refractivity contribution in [2.45, 2.75) is 51.4 Å². The van der Waals surface area contributed by atoms with Crippen LogP contribution in [0.15, 0.2) is 42.5 Å². The van der Waals surface area contributed by atoms with E-state index in [-0.39, 0.29) is 11.7 Å². The van der Waals surface area contributed by atoms with Crippen molar-refractivity contribution in [2.24, 2.45) is 0 Å². The van der Waals surface area contributed by atoms with E-state index in [0.29, 0.717) is 4.31 Å². The number of anilines is 1. The van der Waals surface area contributed by atoms with Crippen LogP contribution in [0.3, 0.4) is 0 Å². The van der Waals surface area contributed by atoms with Gasteiger partial charge in [0.25, 0.3) is 0 Å². The van der Waals surface area contributed by atoms with E-state index in [0.717, 1.165) is 49.3 Å². The van der Waals surface area contributed by atoms with Gasteiger partial charge in [0.2, 0.25) is 15.9 Å². The van der Waals surface area contributed by atoms with Crippen molar-refractivity contribution in [1.29, 1.82) is 0 Å². The molecule has 0 spiro atoms. The minimum atomic E-state index is -4.63. The molecule has 3 rings (SSSR count). The summed E-state index contributed by atoms with van der Waals surface area (Å²) < 4.78 is 64.8. The second-order valence-electron chi connectivity index (χ2n) is 7.89. The maximum atomic E-state index is 13.1. The Morgan fingerprint density at radius 1 is 1.06 bits per heavy atom. The molecule has 0 saturated heterocycles. The number of hydrogen-bond acceptors (Lipinski definition) is 3. The molecular formula is C22H25F3N2O3S. The molecule has 168 valence electrons. The topological polar surface area (TPSA) is 66.5 Å². The van der Waals surface area contributed by atoms with Crippen LogP contribution in [0.4, 0.5) is 18.9 Å². The van der Waals surface area contributed by atoms with Gasteiger partial charge in [-0.2, -0.15) is 13.2 Å². The molecular weight excluding hydrogens is 429 g/mol. The lowest BCUT2D eigenvalue weighted by atomic mass is 10.0. The predicted molar refractivity (Wildman–Crippen MR) is 113 cm³/mol. The van der Waals surface area contributed by atoms with Gasteiger partial charge in [0.1, 0.15) is 6.04 Å². The van der Waals surface area contributed by atoms with E-state index in [4.69, 9.17) is 0 Å². The van der Waals surface area contributed by atoms with Gasteiger partial charge in [0.15, 0.2) is 0 Å². The Kier molecular flexibility index (Phi) is 6.36. The zero-order valence-corrected chi connectivity index (χ0v) is 18.3. The fraction of sp³-hybridized carbons (Fsp3) is 0.409. The third-order valence-corrected chi connectivity index (χ3v) is 6.74. The minimum absolute atomic E-state index is 0.217. The molecule has 0 saturated carbocycles. The van der Waals surface area contributed by atoms with Crippen LogP contribution in [0.5, 0.6) is 0 Å². The van der Waals surface area contributed by atoms with Crippen molar-refractivity contribution in [1.82, 2.24) is 5.32 Å². The molecule has 2 atom stereocenters. The lowest BCUT2D eigenvalue weighted by molar-refractivity contribution is -0.137. The smallest absolute Gasteiger partial charge is 0.348 e. The zero-order valence-electron chi connectivity index (χ0n) is 17.5. The van der Waals surface area contributed by atoms with E-state index in [1.54, 1.807) is 6.92 Å². The zero-order chi connectivity index (χ0) is 23.0. The Hall–Kier alpha value is -2.55. The first kappa shape index (κ1) is 23.1. The first-order valence-corrected chi connectivity index (χ1v) is 11.8. The first-order valence-electron chi connectivity index (χ1n) is 9.96. The molecule has 1 N–H and O–H groups in total. The summed E-state index contributed by atoms with van der Waals surface area (Å²) in [4.78, 5) is 12.9. The highest BCUT2D eigenvalue weighted by Crippen LogP contribution is 2.33. The third-order valence-electron chi connectivity index (χ3n) is 5.50. The summed E-state index contributed by atoms with van der Waals surface area (Å²) in [7, 11) is -4.03. The molecule has 1 amide bonds. The predicted octanol–water partition coefficient (Wildman–Crippen LogP) is 4.23. The molecule has 0 fully saturated rings. The standard InChI is InChI=1S/C22H25F3N2O3S/c1-14(17-11-10-16-6-4-7-18(16)12-17)26-21(28)15(2)27(31(3,29)30)20-9-5-8-19(13-20)22(23,24)25/h5,8-15H,4,6-7H2,1-3H3,(H,26,28)/t14-,15-/m0/s1.